The summed E-state index contributed by atoms with van der Waals surface area (Å²) in [5.74, 6) is -1.43. The molecule has 0 saturated carbocycles. The van der Waals surface area contributed by atoms with Crippen LogP contribution in [-0.2, 0) is 16.6 Å². The highest BCUT2D eigenvalue weighted by Gasteiger charge is 2.20. The SMILES string of the molecule is Cc1cc(F)ccc1NS(=O)(=O)c1cc(CO)ccc1F. The standard InChI is InChI=1S/C14H13F2NO3S/c1-9-6-11(15)3-5-13(9)17-21(19,20)14-7-10(8-18)2-4-12(14)16/h2-7,17-18H,8H2,1H3. The molecule has 0 bridgehead atoms. The Morgan fingerprint density at radius 1 is 1.14 bits per heavy atom. The lowest BCUT2D eigenvalue weighted by Crippen LogP contribution is -2.15. The number of aryl methyl sites for hydroxylation is 1. The van der Waals surface area contributed by atoms with Crippen LogP contribution in [0.2, 0.25) is 0 Å². The maximum atomic E-state index is 13.7. The van der Waals surface area contributed by atoms with Crippen molar-refractivity contribution in [2.45, 2.75) is 18.4 Å². The van der Waals surface area contributed by atoms with Crippen molar-refractivity contribution in [3.05, 3.63) is 59.2 Å². The number of rotatable bonds is 4. The van der Waals surface area contributed by atoms with Crippen LogP contribution in [0, 0.1) is 18.6 Å². The number of hydrogen-bond acceptors (Lipinski definition) is 3. The van der Waals surface area contributed by atoms with Gasteiger partial charge in [0.25, 0.3) is 10.0 Å². The smallest absolute Gasteiger partial charge is 0.264 e. The van der Waals surface area contributed by atoms with Crippen LogP contribution in [0.3, 0.4) is 0 Å². The van der Waals surface area contributed by atoms with Crippen LogP contribution in [0.5, 0.6) is 0 Å². The summed E-state index contributed by atoms with van der Waals surface area (Å²) in [6, 6.07) is 6.84. The van der Waals surface area contributed by atoms with E-state index in [-0.39, 0.29) is 11.3 Å². The number of aliphatic hydroxyl groups excluding tert-OH is 1. The summed E-state index contributed by atoms with van der Waals surface area (Å²) in [5, 5.41) is 9.00. The van der Waals surface area contributed by atoms with Crippen LogP contribution in [0.1, 0.15) is 11.1 Å². The Morgan fingerprint density at radius 3 is 2.48 bits per heavy atom. The van der Waals surface area contributed by atoms with Crippen molar-refractivity contribution in [3.63, 3.8) is 0 Å². The zero-order valence-corrected chi connectivity index (χ0v) is 11.9. The van der Waals surface area contributed by atoms with Gasteiger partial charge in [0, 0.05) is 0 Å². The lowest BCUT2D eigenvalue weighted by Gasteiger charge is -2.12. The Balaban J connectivity index is 2.43. The molecule has 0 radical (unpaired) electrons. The Labute approximate surface area is 121 Å². The van der Waals surface area contributed by atoms with Crippen molar-refractivity contribution in [1.82, 2.24) is 0 Å². The minimum absolute atomic E-state index is 0.158. The number of sulfonamides is 1. The highest BCUT2D eigenvalue weighted by molar-refractivity contribution is 7.92. The average Bonchev–Trinajstić information content (AvgIpc) is 2.42. The molecule has 0 unspecified atom stereocenters. The molecule has 2 aromatic rings. The molecular weight excluding hydrogens is 300 g/mol. The molecule has 0 aliphatic carbocycles. The van der Waals surface area contributed by atoms with Gasteiger partial charge in [-0.25, -0.2) is 17.2 Å². The van der Waals surface area contributed by atoms with Crippen LogP contribution < -0.4 is 4.72 Å². The Kier molecular flexibility index (Phi) is 4.24. The molecule has 21 heavy (non-hydrogen) atoms. The minimum atomic E-state index is -4.17. The number of aliphatic hydroxyl groups is 1. The summed E-state index contributed by atoms with van der Waals surface area (Å²) in [5.41, 5.74) is 0.801. The molecule has 0 saturated heterocycles. The second kappa shape index (κ2) is 5.79. The summed E-state index contributed by atoms with van der Waals surface area (Å²) >= 11 is 0. The van der Waals surface area contributed by atoms with Gasteiger partial charge < -0.3 is 5.11 Å². The van der Waals surface area contributed by atoms with E-state index < -0.39 is 33.2 Å². The lowest BCUT2D eigenvalue weighted by molar-refractivity contribution is 0.281. The van der Waals surface area contributed by atoms with E-state index in [2.05, 4.69) is 4.72 Å². The van der Waals surface area contributed by atoms with Crippen LogP contribution in [0.25, 0.3) is 0 Å². The van der Waals surface area contributed by atoms with Gasteiger partial charge in [-0.15, -0.1) is 0 Å². The first kappa shape index (κ1) is 15.4. The van der Waals surface area contributed by atoms with Crippen molar-refractivity contribution in [1.29, 1.82) is 0 Å². The molecule has 0 heterocycles. The molecular formula is C14H13F2NO3S. The number of benzene rings is 2. The Bertz CT molecular complexity index is 776. The zero-order chi connectivity index (χ0) is 15.6. The summed E-state index contributed by atoms with van der Waals surface area (Å²) in [6.07, 6.45) is 0. The van der Waals surface area contributed by atoms with E-state index >= 15 is 0 Å². The van der Waals surface area contributed by atoms with E-state index in [4.69, 9.17) is 5.11 Å². The third-order valence-electron chi connectivity index (χ3n) is 2.90. The summed E-state index contributed by atoms with van der Waals surface area (Å²) in [6.45, 7) is 1.12. The number of nitrogens with one attached hydrogen (secondary N) is 1. The highest BCUT2D eigenvalue weighted by Crippen LogP contribution is 2.23. The van der Waals surface area contributed by atoms with E-state index in [9.17, 15) is 17.2 Å². The summed E-state index contributed by atoms with van der Waals surface area (Å²) in [7, 11) is -4.17. The molecule has 0 spiro atoms. The van der Waals surface area contributed by atoms with Crippen molar-refractivity contribution in [2.75, 3.05) is 4.72 Å². The van der Waals surface area contributed by atoms with Crippen molar-refractivity contribution < 1.29 is 22.3 Å². The summed E-state index contributed by atoms with van der Waals surface area (Å²) < 4.78 is 53.3. The third kappa shape index (κ3) is 3.37. The predicted molar refractivity (Wildman–Crippen MR) is 74.3 cm³/mol. The first-order valence-corrected chi connectivity index (χ1v) is 7.50. The fourth-order valence-corrected chi connectivity index (χ4v) is 3.05. The van der Waals surface area contributed by atoms with E-state index in [1.54, 1.807) is 0 Å². The van der Waals surface area contributed by atoms with E-state index in [1.807, 2.05) is 0 Å². The molecule has 0 aromatic heterocycles. The van der Waals surface area contributed by atoms with Gasteiger partial charge in [0.05, 0.1) is 12.3 Å². The largest absolute Gasteiger partial charge is 0.392 e. The predicted octanol–water partition coefficient (Wildman–Crippen LogP) is 2.57. The number of halogens is 2. The second-order valence-corrected chi connectivity index (χ2v) is 6.14. The Morgan fingerprint density at radius 2 is 1.86 bits per heavy atom. The molecule has 2 aromatic carbocycles. The highest BCUT2D eigenvalue weighted by atomic mass is 32.2. The topological polar surface area (TPSA) is 66.4 Å². The third-order valence-corrected chi connectivity index (χ3v) is 4.28. The maximum absolute atomic E-state index is 13.7. The minimum Gasteiger partial charge on any atom is -0.392 e. The Hall–Kier alpha value is -1.99. The van der Waals surface area contributed by atoms with Gasteiger partial charge in [-0.2, -0.15) is 0 Å². The molecule has 0 amide bonds. The monoisotopic (exact) mass is 313 g/mol. The fourth-order valence-electron chi connectivity index (χ4n) is 1.79. The number of hydrogen-bond donors (Lipinski definition) is 2. The summed E-state index contributed by atoms with van der Waals surface area (Å²) in [4.78, 5) is -0.572. The molecule has 0 atom stereocenters. The van der Waals surface area contributed by atoms with E-state index in [0.29, 0.717) is 5.56 Å². The van der Waals surface area contributed by atoms with Gasteiger partial charge in [0.15, 0.2) is 0 Å². The van der Waals surface area contributed by atoms with Crippen LogP contribution in [0.4, 0.5) is 14.5 Å². The van der Waals surface area contributed by atoms with Gasteiger partial charge in [0.1, 0.15) is 16.5 Å². The molecule has 4 nitrogen and oxygen atoms in total. The zero-order valence-electron chi connectivity index (χ0n) is 11.1. The normalized spacial score (nSPS) is 11.4. The first-order chi connectivity index (χ1) is 9.83. The number of anilines is 1. The van der Waals surface area contributed by atoms with E-state index in [0.717, 1.165) is 18.2 Å². The van der Waals surface area contributed by atoms with E-state index in [1.165, 1.54) is 25.1 Å². The van der Waals surface area contributed by atoms with Crippen LogP contribution in [-0.4, -0.2) is 13.5 Å². The quantitative estimate of drug-likeness (QED) is 0.911. The first-order valence-electron chi connectivity index (χ1n) is 6.02. The maximum Gasteiger partial charge on any atom is 0.264 e. The molecule has 0 aliphatic rings. The lowest BCUT2D eigenvalue weighted by atomic mass is 10.2. The van der Waals surface area contributed by atoms with Crippen LogP contribution >= 0.6 is 0 Å². The molecule has 0 fully saturated rings. The fraction of sp³-hybridized carbons (Fsp3) is 0.143. The van der Waals surface area contributed by atoms with Crippen molar-refractivity contribution in [2.24, 2.45) is 0 Å². The second-order valence-electron chi connectivity index (χ2n) is 4.49. The van der Waals surface area contributed by atoms with Gasteiger partial charge in [-0.1, -0.05) is 6.07 Å². The van der Waals surface area contributed by atoms with Gasteiger partial charge in [-0.3, -0.25) is 4.72 Å². The van der Waals surface area contributed by atoms with Gasteiger partial charge in [-0.05, 0) is 48.4 Å². The van der Waals surface area contributed by atoms with Crippen LogP contribution in [0.15, 0.2) is 41.3 Å². The molecule has 7 heteroatoms. The van der Waals surface area contributed by atoms with Crippen molar-refractivity contribution >= 4 is 15.7 Å². The van der Waals surface area contributed by atoms with Gasteiger partial charge >= 0.3 is 0 Å². The molecule has 2 rings (SSSR count). The molecule has 112 valence electrons. The average molecular weight is 313 g/mol. The molecule has 2 N–H and O–H groups in total. The van der Waals surface area contributed by atoms with Crippen molar-refractivity contribution in [3.8, 4) is 0 Å². The molecule has 0 aliphatic heterocycles. The van der Waals surface area contributed by atoms with Gasteiger partial charge in [0.2, 0.25) is 0 Å².